The van der Waals surface area contributed by atoms with Crippen molar-refractivity contribution in [1.82, 2.24) is 14.2 Å². The number of amides is 1. The molecule has 206 valence electrons. The van der Waals surface area contributed by atoms with Gasteiger partial charge in [-0.1, -0.05) is 48.5 Å². The first-order valence-electron chi connectivity index (χ1n) is 12.5. The van der Waals surface area contributed by atoms with E-state index in [4.69, 9.17) is 0 Å². The molecule has 1 amide bonds. The van der Waals surface area contributed by atoms with Crippen LogP contribution >= 0.6 is 0 Å². The number of alkyl halides is 3. The molecular formula is C29H30F3N3O3S. The zero-order chi connectivity index (χ0) is 28.2. The van der Waals surface area contributed by atoms with E-state index in [0.29, 0.717) is 12.0 Å². The summed E-state index contributed by atoms with van der Waals surface area (Å²) in [5.41, 5.74) is 1.67. The number of hydrogen-bond acceptors (Lipinski definition) is 3. The van der Waals surface area contributed by atoms with Gasteiger partial charge in [0.15, 0.2) is 0 Å². The summed E-state index contributed by atoms with van der Waals surface area (Å²) in [6.45, 7) is 3.28. The number of hydrogen-bond donors (Lipinski definition) is 1. The Labute approximate surface area is 226 Å². The van der Waals surface area contributed by atoms with Gasteiger partial charge in [-0.15, -0.1) is 0 Å². The second-order valence-corrected chi connectivity index (χ2v) is 11.5. The highest BCUT2D eigenvalue weighted by molar-refractivity contribution is 7.89. The van der Waals surface area contributed by atoms with Crippen LogP contribution in [-0.4, -0.2) is 47.6 Å². The first-order chi connectivity index (χ1) is 18.5. The zero-order valence-electron chi connectivity index (χ0n) is 21.6. The number of aromatic amines is 1. The number of aromatic nitrogens is 1. The highest BCUT2D eigenvalue weighted by atomic mass is 32.2. The molecule has 6 nitrogen and oxygen atoms in total. The molecule has 0 radical (unpaired) electrons. The van der Waals surface area contributed by atoms with E-state index >= 15 is 0 Å². The van der Waals surface area contributed by atoms with Crippen LogP contribution in [0.5, 0.6) is 0 Å². The van der Waals surface area contributed by atoms with E-state index in [1.165, 1.54) is 29.2 Å². The lowest BCUT2D eigenvalue weighted by Crippen LogP contribution is -2.46. The van der Waals surface area contributed by atoms with E-state index in [1.54, 1.807) is 32.0 Å². The molecule has 1 aromatic heterocycles. The first kappa shape index (κ1) is 28.4. The molecule has 0 bridgehead atoms. The van der Waals surface area contributed by atoms with E-state index < -0.39 is 40.3 Å². The lowest BCUT2D eigenvalue weighted by Gasteiger charge is -2.29. The first-order valence-corrected chi connectivity index (χ1v) is 14.0. The van der Waals surface area contributed by atoms with Crippen molar-refractivity contribution in [1.29, 1.82) is 0 Å². The fraction of sp³-hybridized carbons (Fsp3) is 0.276. The fourth-order valence-corrected chi connectivity index (χ4v) is 6.02. The number of H-pyrrole nitrogens is 1. The minimum atomic E-state index is -4.47. The molecule has 1 N–H and O–H groups in total. The molecule has 0 spiro atoms. The number of halogens is 3. The molecule has 0 aliphatic heterocycles. The lowest BCUT2D eigenvalue weighted by atomic mass is 10.1. The Morgan fingerprint density at radius 3 is 2.21 bits per heavy atom. The molecule has 4 aromatic rings. The molecule has 0 saturated heterocycles. The average Bonchev–Trinajstić information content (AvgIpc) is 3.32. The number of rotatable bonds is 10. The number of benzene rings is 3. The molecule has 4 rings (SSSR count). The van der Waals surface area contributed by atoms with Gasteiger partial charge in [0, 0.05) is 36.2 Å². The summed E-state index contributed by atoms with van der Waals surface area (Å²) in [5.74, 6) is -0.442. The topological polar surface area (TPSA) is 73.5 Å². The number of carbonyl (C=O) groups excluding carboxylic acids is 1. The molecule has 3 aromatic carbocycles. The SMILES string of the molecule is CC(C)N(CC(=O)N(CCc1c[nH]c2ccccc12)Cc1ccc(C(F)(F)F)cc1)S(=O)(=O)c1ccccc1. The third kappa shape index (κ3) is 6.69. The van der Waals surface area contributed by atoms with E-state index in [0.717, 1.165) is 32.9 Å². The van der Waals surface area contributed by atoms with Crippen LogP contribution in [0.3, 0.4) is 0 Å². The molecule has 0 aliphatic rings. The molecule has 0 aliphatic carbocycles. The van der Waals surface area contributed by atoms with Gasteiger partial charge in [0.05, 0.1) is 17.0 Å². The van der Waals surface area contributed by atoms with E-state index in [9.17, 15) is 26.4 Å². The van der Waals surface area contributed by atoms with Crippen molar-refractivity contribution in [2.75, 3.05) is 13.1 Å². The summed E-state index contributed by atoms with van der Waals surface area (Å²) in [4.78, 5) is 18.4. The van der Waals surface area contributed by atoms with Crippen LogP contribution < -0.4 is 0 Å². The van der Waals surface area contributed by atoms with Crippen LogP contribution in [-0.2, 0) is 34.0 Å². The second kappa shape index (κ2) is 11.6. The fourth-order valence-electron chi connectivity index (χ4n) is 4.41. The quantitative estimate of drug-likeness (QED) is 0.266. The third-order valence-electron chi connectivity index (χ3n) is 6.55. The number of fused-ring (bicyclic) bond motifs is 1. The van der Waals surface area contributed by atoms with Crippen LogP contribution in [0.15, 0.2) is 90.0 Å². The van der Waals surface area contributed by atoms with Gasteiger partial charge in [-0.2, -0.15) is 17.5 Å². The maximum atomic E-state index is 13.6. The van der Waals surface area contributed by atoms with Crippen molar-refractivity contribution in [3.63, 3.8) is 0 Å². The van der Waals surface area contributed by atoms with Crippen LogP contribution in [0.25, 0.3) is 10.9 Å². The van der Waals surface area contributed by atoms with Crippen molar-refractivity contribution in [3.05, 3.63) is 102 Å². The Kier molecular flexibility index (Phi) is 8.46. The Bertz CT molecular complexity index is 1520. The molecule has 1 heterocycles. The van der Waals surface area contributed by atoms with Crippen LogP contribution in [0.2, 0.25) is 0 Å². The minimum absolute atomic E-state index is 0.0383. The highest BCUT2D eigenvalue weighted by Crippen LogP contribution is 2.29. The van der Waals surface area contributed by atoms with Crippen molar-refractivity contribution < 1.29 is 26.4 Å². The maximum Gasteiger partial charge on any atom is 0.416 e. The lowest BCUT2D eigenvalue weighted by molar-refractivity contribution is -0.137. The number of nitrogens with one attached hydrogen (secondary N) is 1. The Balaban J connectivity index is 1.59. The largest absolute Gasteiger partial charge is 0.416 e. The van der Waals surface area contributed by atoms with Crippen molar-refractivity contribution >= 4 is 26.8 Å². The van der Waals surface area contributed by atoms with Crippen LogP contribution in [0, 0.1) is 0 Å². The maximum absolute atomic E-state index is 13.6. The van der Waals surface area contributed by atoms with Crippen molar-refractivity contribution in [2.24, 2.45) is 0 Å². The highest BCUT2D eigenvalue weighted by Gasteiger charge is 2.32. The van der Waals surface area contributed by atoms with Gasteiger partial charge in [-0.25, -0.2) is 8.42 Å². The van der Waals surface area contributed by atoms with Gasteiger partial charge in [-0.05, 0) is 61.7 Å². The van der Waals surface area contributed by atoms with Gasteiger partial charge >= 0.3 is 6.18 Å². The molecule has 0 fully saturated rings. The smallest absolute Gasteiger partial charge is 0.361 e. The molecule has 39 heavy (non-hydrogen) atoms. The van der Waals surface area contributed by atoms with Gasteiger partial charge in [-0.3, -0.25) is 4.79 Å². The number of nitrogens with zero attached hydrogens (tertiary/aromatic N) is 2. The summed E-state index contributed by atoms with van der Waals surface area (Å²) in [6.07, 6.45) is -2.12. The Morgan fingerprint density at radius 2 is 1.56 bits per heavy atom. The second-order valence-electron chi connectivity index (χ2n) is 9.58. The standard InChI is InChI=1S/C29H30F3N3O3S/c1-21(2)35(39(37,38)25-8-4-3-5-9-25)20-28(36)34(19-22-12-14-24(15-13-22)29(30,31)32)17-16-23-18-33-27-11-7-6-10-26(23)27/h3-15,18,21,33H,16-17,19-20H2,1-2H3. The van der Waals surface area contributed by atoms with Gasteiger partial charge in [0.25, 0.3) is 0 Å². The molecule has 0 atom stereocenters. The van der Waals surface area contributed by atoms with Crippen molar-refractivity contribution in [3.8, 4) is 0 Å². The Hall–Kier alpha value is -3.63. The summed E-state index contributed by atoms with van der Waals surface area (Å²) in [7, 11) is -3.95. The molecular weight excluding hydrogens is 527 g/mol. The Morgan fingerprint density at radius 1 is 0.923 bits per heavy atom. The minimum Gasteiger partial charge on any atom is -0.361 e. The van der Waals surface area contributed by atoms with Crippen LogP contribution in [0.1, 0.15) is 30.5 Å². The van der Waals surface area contributed by atoms with E-state index in [1.807, 2.05) is 30.5 Å². The summed E-state index contributed by atoms with van der Waals surface area (Å²) >= 11 is 0. The van der Waals surface area contributed by atoms with Gasteiger partial charge < -0.3 is 9.88 Å². The van der Waals surface area contributed by atoms with Crippen LogP contribution in [0.4, 0.5) is 13.2 Å². The predicted molar refractivity (Wildman–Crippen MR) is 144 cm³/mol. The number of sulfonamides is 1. The van der Waals surface area contributed by atoms with Gasteiger partial charge in [0.2, 0.25) is 15.9 Å². The predicted octanol–water partition coefficient (Wildman–Crippen LogP) is 5.86. The molecule has 10 heteroatoms. The third-order valence-corrected chi connectivity index (χ3v) is 8.59. The zero-order valence-corrected chi connectivity index (χ0v) is 22.5. The summed E-state index contributed by atoms with van der Waals surface area (Å²) in [6, 6.07) is 19.8. The van der Waals surface area contributed by atoms with E-state index in [-0.39, 0.29) is 18.0 Å². The van der Waals surface area contributed by atoms with Crippen molar-refractivity contribution in [2.45, 2.75) is 43.9 Å². The number of carbonyl (C=O) groups is 1. The monoisotopic (exact) mass is 557 g/mol. The average molecular weight is 558 g/mol. The molecule has 0 saturated carbocycles. The summed E-state index contributed by atoms with van der Waals surface area (Å²) < 4.78 is 67.0. The summed E-state index contributed by atoms with van der Waals surface area (Å²) in [5, 5.41) is 1.01. The van der Waals surface area contributed by atoms with E-state index in [2.05, 4.69) is 4.98 Å². The molecule has 0 unspecified atom stereocenters. The van der Waals surface area contributed by atoms with Gasteiger partial charge in [0.1, 0.15) is 0 Å². The number of para-hydroxylation sites is 1. The normalized spacial score (nSPS) is 12.4.